The largest absolute Gasteiger partial charge is 0.474 e. The molecule has 1 unspecified atom stereocenters. The van der Waals surface area contributed by atoms with E-state index in [1.165, 1.54) is 6.20 Å². The number of imide groups is 1. The third-order valence-corrected chi connectivity index (χ3v) is 9.38. The Morgan fingerprint density at radius 1 is 1.06 bits per heavy atom. The Balaban J connectivity index is 0.929. The predicted molar refractivity (Wildman–Crippen MR) is 191 cm³/mol. The smallest absolute Gasteiger partial charge is 0.328 e. The minimum Gasteiger partial charge on any atom is -0.474 e. The topological polar surface area (TPSA) is 166 Å². The Labute approximate surface area is 296 Å². The number of amides is 3. The summed E-state index contributed by atoms with van der Waals surface area (Å²) in [5.41, 5.74) is 6.13. The molecule has 2 aromatic carbocycles. The van der Waals surface area contributed by atoms with Gasteiger partial charge in [0.15, 0.2) is 5.82 Å². The standard InChI is InChI=1S/C38H32N8O6/c1-3-45-30-18-24(8-11-29(30)44(2)38(45)50)46-15-16-51-37-31(46)20-41-34(43-37)23-7-10-28(40-19-23)36(49)39-14-4-5-22-6-12-32-26(17-22)27(21-52-32)25-9-13-33(47)42-35(25)48/h6-8,10-12,17-21,25H,3,9,13-16H2,1-2H3,(H,39,49)(H,42,47,48). The third-order valence-electron chi connectivity index (χ3n) is 9.38. The maximum Gasteiger partial charge on any atom is 0.328 e. The van der Waals surface area contributed by atoms with E-state index in [2.05, 4.69) is 42.3 Å². The number of benzene rings is 2. The van der Waals surface area contributed by atoms with Gasteiger partial charge < -0.3 is 19.4 Å². The first kappa shape index (κ1) is 32.5. The Hall–Kier alpha value is -6.75. The second-order valence-electron chi connectivity index (χ2n) is 12.5. The van der Waals surface area contributed by atoms with Crippen LogP contribution in [0.4, 0.5) is 11.4 Å². The number of furan rings is 1. The van der Waals surface area contributed by atoms with Crippen molar-refractivity contribution in [2.45, 2.75) is 32.2 Å². The fourth-order valence-corrected chi connectivity index (χ4v) is 6.69. The molecule has 6 aromatic rings. The molecular formula is C38H32N8O6. The molecule has 14 nitrogen and oxygen atoms in total. The number of hydrogen-bond donors (Lipinski definition) is 2. The van der Waals surface area contributed by atoms with E-state index in [1.807, 2.05) is 31.2 Å². The third kappa shape index (κ3) is 5.81. The molecule has 0 radical (unpaired) electrons. The van der Waals surface area contributed by atoms with E-state index < -0.39 is 5.92 Å². The number of ether oxygens (including phenoxy) is 1. The summed E-state index contributed by atoms with van der Waals surface area (Å²) in [4.78, 5) is 65.1. The van der Waals surface area contributed by atoms with Crippen LogP contribution in [0.25, 0.3) is 33.4 Å². The van der Waals surface area contributed by atoms with Gasteiger partial charge >= 0.3 is 5.69 Å². The fraction of sp³-hybridized carbons (Fsp3) is 0.237. The Morgan fingerprint density at radius 3 is 2.75 bits per heavy atom. The number of aryl methyl sites for hydroxylation is 2. The number of hydrogen-bond acceptors (Lipinski definition) is 10. The summed E-state index contributed by atoms with van der Waals surface area (Å²) in [5, 5.41) is 5.91. The van der Waals surface area contributed by atoms with Gasteiger partial charge in [0.2, 0.25) is 17.7 Å². The highest BCUT2D eigenvalue weighted by Gasteiger charge is 2.30. The number of anilines is 2. The molecule has 1 atom stereocenters. The van der Waals surface area contributed by atoms with Crippen molar-refractivity contribution >= 4 is 51.1 Å². The first-order chi connectivity index (χ1) is 25.3. The first-order valence-electron chi connectivity index (χ1n) is 16.8. The van der Waals surface area contributed by atoms with Crippen LogP contribution in [-0.2, 0) is 23.2 Å². The molecular weight excluding hydrogens is 664 g/mol. The van der Waals surface area contributed by atoms with Crippen LogP contribution in [0, 0.1) is 11.8 Å². The maximum atomic E-state index is 12.8. The molecule has 6 heterocycles. The highest BCUT2D eigenvalue weighted by molar-refractivity contribution is 6.02. The lowest BCUT2D eigenvalue weighted by atomic mass is 9.90. The molecule has 4 aromatic heterocycles. The number of nitrogens with one attached hydrogen (secondary N) is 2. The van der Waals surface area contributed by atoms with Crippen LogP contribution in [0.3, 0.4) is 0 Å². The highest BCUT2D eigenvalue weighted by Crippen LogP contribution is 2.37. The number of carbonyl (C=O) groups is 3. The maximum absolute atomic E-state index is 12.8. The molecule has 14 heteroatoms. The van der Waals surface area contributed by atoms with Crippen LogP contribution in [0.5, 0.6) is 5.88 Å². The zero-order chi connectivity index (χ0) is 35.9. The Kier molecular flexibility index (Phi) is 8.23. The Morgan fingerprint density at radius 2 is 1.94 bits per heavy atom. The van der Waals surface area contributed by atoms with E-state index in [-0.39, 0.29) is 42.1 Å². The fourth-order valence-electron chi connectivity index (χ4n) is 6.69. The number of pyridine rings is 1. The molecule has 3 amide bonds. The zero-order valence-corrected chi connectivity index (χ0v) is 28.3. The number of piperidine rings is 1. The average molecular weight is 697 g/mol. The van der Waals surface area contributed by atoms with E-state index in [9.17, 15) is 19.2 Å². The molecule has 0 bridgehead atoms. The summed E-state index contributed by atoms with van der Waals surface area (Å²) in [6.07, 6.45) is 5.49. The molecule has 0 saturated carbocycles. The summed E-state index contributed by atoms with van der Waals surface area (Å²) in [5.74, 6) is 5.36. The summed E-state index contributed by atoms with van der Waals surface area (Å²) >= 11 is 0. The molecule has 1 saturated heterocycles. The van der Waals surface area contributed by atoms with Gasteiger partial charge in [-0.2, -0.15) is 4.98 Å². The molecule has 0 aliphatic carbocycles. The number of fused-ring (bicyclic) bond motifs is 3. The highest BCUT2D eigenvalue weighted by atomic mass is 16.5. The molecule has 1 fully saturated rings. The average Bonchev–Trinajstić information content (AvgIpc) is 3.69. The quantitative estimate of drug-likeness (QED) is 0.193. The van der Waals surface area contributed by atoms with Gasteiger partial charge in [-0.25, -0.2) is 9.78 Å². The van der Waals surface area contributed by atoms with E-state index in [4.69, 9.17) is 9.15 Å². The monoisotopic (exact) mass is 696 g/mol. The summed E-state index contributed by atoms with van der Waals surface area (Å²) in [6.45, 7) is 3.60. The van der Waals surface area contributed by atoms with Crippen molar-refractivity contribution in [3.8, 4) is 29.1 Å². The summed E-state index contributed by atoms with van der Waals surface area (Å²) in [7, 11) is 1.77. The van der Waals surface area contributed by atoms with Crippen LogP contribution < -0.4 is 26.0 Å². The van der Waals surface area contributed by atoms with Crippen molar-refractivity contribution in [2.75, 3.05) is 24.6 Å². The van der Waals surface area contributed by atoms with Crippen molar-refractivity contribution in [3.05, 3.63) is 94.5 Å². The molecule has 0 spiro atoms. The minimum atomic E-state index is -0.469. The second-order valence-corrected chi connectivity index (χ2v) is 12.5. The molecule has 8 rings (SSSR count). The number of carbonyl (C=O) groups excluding carboxylic acids is 3. The van der Waals surface area contributed by atoms with Gasteiger partial charge in [-0.3, -0.25) is 33.8 Å². The van der Waals surface area contributed by atoms with Crippen LogP contribution in [0.2, 0.25) is 0 Å². The number of imidazole rings is 1. The van der Waals surface area contributed by atoms with Crippen molar-refractivity contribution in [1.29, 1.82) is 0 Å². The molecule has 2 aliphatic rings. The van der Waals surface area contributed by atoms with Gasteiger partial charge in [0, 0.05) is 54.0 Å². The van der Waals surface area contributed by atoms with Crippen molar-refractivity contribution in [1.82, 2.24) is 34.7 Å². The Bertz CT molecular complexity index is 2540. The van der Waals surface area contributed by atoms with Gasteiger partial charge in [0.1, 0.15) is 23.6 Å². The van der Waals surface area contributed by atoms with Crippen molar-refractivity contribution in [2.24, 2.45) is 7.05 Å². The van der Waals surface area contributed by atoms with E-state index in [1.54, 1.807) is 52.9 Å². The van der Waals surface area contributed by atoms with Gasteiger partial charge in [-0.1, -0.05) is 11.8 Å². The number of rotatable bonds is 6. The van der Waals surface area contributed by atoms with Gasteiger partial charge in [0.05, 0.1) is 42.5 Å². The first-order valence-corrected chi connectivity index (χ1v) is 16.8. The predicted octanol–water partition coefficient (Wildman–Crippen LogP) is 3.79. The summed E-state index contributed by atoms with van der Waals surface area (Å²) < 4.78 is 15.0. The summed E-state index contributed by atoms with van der Waals surface area (Å²) in [6, 6.07) is 14.7. The molecule has 260 valence electrons. The van der Waals surface area contributed by atoms with Crippen molar-refractivity contribution in [3.63, 3.8) is 0 Å². The van der Waals surface area contributed by atoms with Crippen LogP contribution >= 0.6 is 0 Å². The lowest BCUT2D eigenvalue weighted by molar-refractivity contribution is -0.134. The molecule has 2 aliphatic heterocycles. The van der Waals surface area contributed by atoms with Gasteiger partial charge in [0.25, 0.3) is 5.91 Å². The van der Waals surface area contributed by atoms with Gasteiger partial charge in [-0.15, -0.1) is 0 Å². The molecule has 52 heavy (non-hydrogen) atoms. The second kappa shape index (κ2) is 13.2. The van der Waals surface area contributed by atoms with Crippen LogP contribution in [0.1, 0.15) is 47.3 Å². The van der Waals surface area contributed by atoms with E-state index in [0.29, 0.717) is 65.8 Å². The van der Waals surface area contributed by atoms with Crippen LogP contribution in [0.15, 0.2) is 76.4 Å². The number of nitrogens with zero attached hydrogens (tertiary/aromatic N) is 6. The minimum absolute atomic E-state index is 0.0554. The number of aromatic nitrogens is 5. The normalized spacial score (nSPS) is 15.5. The van der Waals surface area contributed by atoms with E-state index in [0.717, 1.165) is 22.1 Å². The SMILES string of the molecule is CCn1c(=O)n(C)c2ccc(N3CCOc4nc(-c5ccc(C(=O)NCC#Cc6ccc7occ(C8CCC(=O)NC8=O)c7c6)nc5)ncc43)cc21. The van der Waals surface area contributed by atoms with Crippen LogP contribution in [-0.4, -0.2) is 61.5 Å². The van der Waals surface area contributed by atoms with Crippen molar-refractivity contribution < 1.29 is 23.5 Å². The molecule has 2 N–H and O–H groups in total. The zero-order valence-electron chi connectivity index (χ0n) is 28.3. The van der Waals surface area contributed by atoms with E-state index >= 15 is 0 Å². The lowest BCUT2D eigenvalue weighted by Crippen LogP contribution is -2.39. The van der Waals surface area contributed by atoms with Gasteiger partial charge in [-0.05, 0) is 61.9 Å². The lowest BCUT2D eigenvalue weighted by Gasteiger charge is -2.30.